The van der Waals surface area contributed by atoms with Crippen molar-refractivity contribution in [2.45, 2.75) is 58.5 Å². The lowest BCUT2D eigenvalue weighted by atomic mass is 9.84. The van der Waals surface area contributed by atoms with Crippen LogP contribution in [0.3, 0.4) is 0 Å². The summed E-state index contributed by atoms with van der Waals surface area (Å²) in [7, 11) is 1.84. The molecule has 2 aromatic rings. The summed E-state index contributed by atoms with van der Waals surface area (Å²) in [6.07, 6.45) is 3.00. The highest BCUT2D eigenvalue weighted by Crippen LogP contribution is 2.40. The van der Waals surface area contributed by atoms with Crippen LogP contribution < -0.4 is 0 Å². The normalized spacial score (nSPS) is 19.1. The van der Waals surface area contributed by atoms with Crippen molar-refractivity contribution < 1.29 is 14.1 Å². The lowest BCUT2D eigenvalue weighted by molar-refractivity contribution is -0.133. The second kappa shape index (κ2) is 6.76. The van der Waals surface area contributed by atoms with Gasteiger partial charge in [0.1, 0.15) is 5.76 Å². The zero-order chi connectivity index (χ0) is 20.1. The number of carbonyl (C=O) groups is 2. The Hall–Kier alpha value is -2.64. The van der Waals surface area contributed by atoms with Crippen LogP contribution in [0.5, 0.6) is 0 Å². The second-order valence-corrected chi connectivity index (χ2v) is 8.09. The van der Waals surface area contributed by atoms with E-state index in [-0.39, 0.29) is 17.4 Å². The van der Waals surface area contributed by atoms with Gasteiger partial charge in [-0.15, -0.1) is 0 Å². The molecule has 4 heterocycles. The highest BCUT2D eigenvalue weighted by Gasteiger charge is 2.47. The van der Waals surface area contributed by atoms with E-state index in [4.69, 9.17) is 4.52 Å². The van der Waals surface area contributed by atoms with E-state index in [9.17, 15) is 9.59 Å². The summed E-state index contributed by atoms with van der Waals surface area (Å²) in [6.45, 7) is 7.55. The number of carbonyl (C=O) groups excluding carboxylic acids is 2. The molecule has 2 aromatic heterocycles. The lowest BCUT2D eigenvalue weighted by Crippen LogP contribution is -2.54. The van der Waals surface area contributed by atoms with Crippen molar-refractivity contribution in [2.75, 3.05) is 13.1 Å². The van der Waals surface area contributed by atoms with Crippen molar-refractivity contribution in [3.63, 3.8) is 0 Å². The summed E-state index contributed by atoms with van der Waals surface area (Å²) in [5, 5.41) is 8.33. The topological polar surface area (TPSA) is 84.5 Å². The number of likely N-dealkylation sites (tertiary alicyclic amines) is 2. The Morgan fingerprint density at radius 3 is 2.50 bits per heavy atom. The van der Waals surface area contributed by atoms with Gasteiger partial charge in [0, 0.05) is 43.4 Å². The molecule has 1 spiro atoms. The van der Waals surface area contributed by atoms with Gasteiger partial charge in [-0.05, 0) is 46.1 Å². The third-order valence-corrected chi connectivity index (χ3v) is 6.49. The summed E-state index contributed by atoms with van der Waals surface area (Å²) in [5.41, 5.74) is 3.11. The molecular weight excluding hydrogens is 358 g/mol. The van der Waals surface area contributed by atoms with E-state index in [0.717, 1.165) is 42.0 Å². The molecule has 0 aliphatic carbocycles. The first kappa shape index (κ1) is 18.7. The Labute approximate surface area is 164 Å². The molecule has 0 N–H and O–H groups in total. The second-order valence-electron chi connectivity index (χ2n) is 8.09. The molecule has 8 heteroatoms. The Bertz CT molecular complexity index is 881. The largest absolute Gasteiger partial charge is 0.361 e. The quantitative estimate of drug-likeness (QED) is 0.808. The van der Waals surface area contributed by atoms with E-state index in [2.05, 4.69) is 10.3 Å². The maximum absolute atomic E-state index is 12.8. The Kier molecular flexibility index (Phi) is 4.51. The molecular formula is C20H27N5O3. The monoisotopic (exact) mass is 385 g/mol. The van der Waals surface area contributed by atoms with Gasteiger partial charge < -0.3 is 14.3 Å². The van der Waals surface area contributed by atoms with Gasteiger partial charge in [-0.2, -0.15) is 5.10 Å². The van der Waals surface area contributed by atoms with Crippen LogP contribution in [0.15, 0.2) is 10.6 Å². The van der Waals surface area contributed by atoms with Gasteiger partial charge in [0.05, 0.1) is 12.2 Å². The minimum atomic E-state index is -0.177. The number of aryl methyl sites for hydroxylation is 4. The smallest absolute Gasteiger partial charge is 0.274 e. The highest BCUT2D eigenvalue weighted by atomic mass is 16.5. The Balaban J connectivity index is 1.49. The van der Waals surface area contributed by atoms with Crippen molar-refractivity contribution in [3.05, 3.63) is 34.5 Å². The van der Waals surface area contributed by atoms with Gasteiger partial charge >= 0.3 is 0 Å². The predicted molar refractivity (Wildman–Crippen MR) is 102 cm³/mol. The van der Waals surface area contributed by atoms with Gasteiger partial charge in [-0.1, -0.05) is 5.16 Å². The molecule has 0 radical (unpaired) electrons. The predicted octanol–water partition coefficient (Wildman–Crippen LogP) is 2.13. The maximum atomic E-state index is 12.8. The van der Waals surface area contributed by atoms with Gasteiger partial charge in [0.15, 0.2) is 5.69 Å². The van der Waals surface area contributed by atoms with Crippen LogP contribution in [0.4, 0.5) is 0 Å². The van der Waals surface area contributed by atoms with Crippen LogP contribution in [0, 0.1) is 20.8 Å². The number of amides is 2. The molecule has 2 fully saturated rings. The zero-order valence-corrected chi connectivity index (χ0v) is 17.0. The number of nitrogens with zero attached hydrogens (tertiary/aromatic N) is 5. The highest BCUT2D eigenvalue weighted by molar-refractivity contribution is 5.92. The number of piperidine rings is 1. The molecule has 0 unspecified atom stereocenters. The van der Waals surface area contributed by atoms with Crippen molar-refractivity contribution in [1.29, 1.82) is 0 Å². The number of hydrogen-bond donors (Lipinski definition) is 0. The van der Waals surface area contributed by atoms with E-state index in [0.29, 0.717) is 31.7 Å². The molecule has 0 atom stereocenters. The first-order chi connectivity index (χ1) is 13.3. The SMILES string of the molecule is Cc1noc(C)c1CN1C(=O)CCC12CCN(C(=O)c1cc(C)n(C)n1)CC2. The standard InChI is InChI=1S/C20H27N5O3/c1-13-11-17(21-23(13)4)19(27)24-9-7-20(8-10-24)6-5-18(26)25(20)12-16-14(2)22-28-15(16)3/h11H,5-10,12H2,1-4H3. The van der Waals surface area contributed by atoms with E-state index in [1.165, 1.54) is 0 Å². The molecule has 2 aliphatic heterocycles. The van der Waals surface area contributed by atoms with Crippen LogP contribution in [0.25, 0.3) is 0 Å². The van der Waals surface area contributed by atoms with Gasteiger partial charge in [0.25, 0.3) is 5.91 Å². The average Bonchev–Trinajstić information content (AvgIpc) is 3.29. The molecule has 0 aromatic carbocycles. The van der Waals surface area contributed by atoms with Crippen LogP contribution in [-0.2, 0) is 18.4 Å². The number of aromatic nitrogens is 3. The molecule has 2 amide bonds. The first-order valence-corrected chi connectivity index (χ1v) is 9.83. The molecule has 2 saturated heterocycles. The summed E-state index contributed by atoms with van der Waals surface area (Å²) >= 11 is 0. The molecule has 150 valence electrons. The molecule has 4 rings (SSSR count). The van der Waals surface area contributed by atoms with Crippen molar-refractivity contribution in [3.8, 4) is 0 Å². The van der Waals surface area contributed by atoms with Crippen LogP contribution in [-0.4, -0.2) is 55.2 Å². The van der Waals surface area contributed by atoms with Gasteiger partial charge in [0.2, 0.25) is 5.91 Å². The van der Waals surface area contributed by atoms with E-state index in [1.54, 1.807) is 4.68 Å². The molecule has 2 aliphatic rings. The van der Waals surface area contributed by atoms with Crippen LogP contribution in [0.1, 0.15) is 58.9 Å². The third-order valence-electron chi connectivity index (χ3n) is 6.49. The lowest BCUT2D eigenvalue weighted by Gasteiger charge is -2.44. The van der Waals surface area contributed by atoms with Crippen molar-refractivity contribution in [1.82, 2.24) is 24.7 Å². The Morgan fingerprint density at radius 1 is 1.21 bits per heavy atom. The minimum Gasteiger partial charge on any atom is -0.361 e. The van der Waals surface area contributed by atoms with Crippen LogP contribution >= 0.6 is 0 Å². The number of hydrogen-bond acceptors (Lipinski definition) is 5. The minimum absolute atomic E-state index is 0.0276. The van der Waals surface area contributed by atoms with Gasteiger partial charge in [-0.25, -0.2) is 0 Å². The Morgan fingerprint density at radius 2 is 1.93 bits per heavy atom. The number of rotatable bonds is 3. The fourth-order valence-corrected chi connectivity index (χ4v) is 4.49. The van der Waals surface area contributed by atoms with Crippen molar-refractivity contribution in [2.24, 2.45) is 7.05 Å². The molecule has 0 bridgehead atoms. The molecule has 8 nitrogen and oxygen atoms in total. The summed E-state index contributed by atoms with van der Waals surface area (Å²) in [5.74, 6) is 0.922. The van der Waals surface area contributed by atoms with E-state index >= 15 is 0 Å². The summed E-state index contributed by atoms with van der Waals surface area (Å²) in [4.78, 5) is 29.3. The van der Waals surface area contributed by atoms with Crippen LogP contribution in [0.2, 0.25) is 0 Å². The zero-order valence-electron chi connectivity index (χ0n) is 17.0. The molecule has 0 saturated carbocycles. The fraction of sp³-hybridized carbons (Fsp3) is 0.600. The van der Waals surface area contributed by atoms with E-state index in [1.807, 2.05) is 43.7 Å². The fourth-order valence-electron chi connectivity index (χ4n) is 4.49. The van der Waals surface area contributed by atoms with Crippen molar-refractivity contribution >= 4 is 11.8 Å². The molecule has 28 heavy (non-hydrogen) atoms. The third kappa shape index (κ3) is 3.00. The van der Waals surface area contributed by atoms with Gasteiger partial charge in [-0.3, -0.25) is 14.3 Å². The first-order valence-electron chi connectivity index (χ1n) is 9.83. The van der Waals surface area contributed by atoms with E-state index < -0.39 is 0 Å². The maximum Gasteiger partial charge on any atom is 0.274 e. The summed E-state index contributed by atoms with van der Waals surface area (Å²) in [6, 6.07) is 1.83. The average molecular weight is 385 g/mol. The summed E-state index contributed by atoms with van der Waals surface area (Å²) < 4.78 is 7.00.